The summed E-state index contributed by atoms with van der Waals surface area (Å²) in [5.74, 6) is -0.226. The van der Waals surface area contributed by atoms with E-state index in [9.17, 15) is 14.4 Å². The molecule has 1 aliphatic rings. The number of carbonyl (C=O) groups excluding carboxylic acids is 2. The molecular weight excluding hydrogens is 464 g/mol. The normalized spacial score (nSPS) is 11.9. The third-order valence-corrected chi connectivity index (χ3v) is 5.86. The largest absolute Gasteiger partial charge is 0.497 e. The Balaban J connectivity index is 1.80. The van der Waals surface area contributed by atoms with Crippen LogP contribution in [0.4, 0.5) is 11.4 Å². The van der Waals surface area contributed by atoms with Crippen LogP contribution >= 0.6 is 0 Å². The van der Waals surface area contributed by atoms with Crippen molar-refractivity contribution in [2.75, 3.05) is 18.8 Å². The summed E-state index contributed by atoms with van der Waals surface area (Å²) in [4.78, 5) is 41.4. The Morgan fingerprint density at radius 2 is 1.64 bits per heavy atom. The Kier molecular flexibility index (Phi) is 5.81. The quantitative estimate of drug-likeness (QED) is 0.391. The molecule has 1 aliphatic heterocycles. The highest BCUT2D eigenvalue weighted by Gasteiger charge is 2.32. The van der Waals surface area contributed by atoms with Crippen LogP contribution in [-0.2, 0) is 11.8 Å². The van der Waals surface area contributed by atoms with E-state index in [0.29, 0.717) is 39.5 Å². The Bertz CT molecular complexity index is 1540. The number of para-hydroxylation sites is 1. The second-order valence-corrected chi connectivity index (χ2v) is 8.03. The van der Waals surface area contributed by atoms with Crippen LogP contribution in [0.15, 0.2) is 71.5 Å². The molecule has 3 aromatic carbocycles. The van der Waals surface area contributed by atoms with Gasteiger partial charge in [-0.15, -0.1) is 0 Å². The van der Waals surface area contributed by atoms with Gasteiger partial charge in [-0.1, -0.05) is 18.2 Å². The first-order valence-corrected chi connectivity index (χ1v) is 11.1. The van der Waals surface area contributed by atoms with Crippen LogP contribution in [-0.4, -0.2) is 30.3 Å². The maximum absolute atomic E-state index is 14.2. The lowest BCUT2D eigenvalue weighted by Gasteiger charge is -2.25. The highest BCUT2D eigenvalue weighted by Crippen LogP contribution is 2.44. The predicted octanol–water partition coefficient (Wildman–Crippen LogP) is 4.18. The number of ether oxygens (including phenoxy) is 4. The van der Waals surface area contributed by atoms with E-state index in [1.165, 1.54) is 16.4 Å². The summed E-state index contributed by atoms with van der Waals surface area (Å²) in [5.41, 5.74) is 0.482. The first-order chi connectivity index (χ1) is 17.4. The molecule has 5 rings (SSSR count). The molecular formula is C27H22N2O7. The zero-order chi connectivity index (χ0) is 25.4. The standard InChI is InChI=1S/C27H22N2O7/c1-16(30)36-25-22-20(13-14-21-24(22)35-15-34-21)28(2)26(31)23(25)27(32)29(17-7-5-4-6-8-17)18-9-11-19(33-3)12-10-18/h4-14H,15H2,1-3H3. The van der Waals surface area contributed by atoms with E-state index in [4.69, 9.17) is 18.9 Å². The second kappa shape index (κ2) is 9.10. The van der Waals surface area contributed by atoms with Crippen LogP contribution in [0.1, 0.15) is 17.3 Å². The summed E-state index contributed by atoms with van der Waals surface area (Å²) in [5, 5.41) is 0.299. The molecule has 0 N–H and O–H groups in total. The highest BCUT2D eigenvalue weighted by atomic mass is 16.7. The summed E-state index contributed by atoms with van der Waals surface area (Å²) < 4.78 is 23.3. The molecule has 0 bridgehead atoms. The van der Waals surface area contributed by atoms with Crippen LogP contribution in [0.5, 0.6) is 23.0 Å². The molecule has 4 aromatic rings. The number of carbonyl (C=O) groups is 2. The van der Waals surface area contributed by atoms with E-state index in [-0.39, 0.29) is 18.1 Å². The number of methoxy groups -OCH3 is 1. The number of hydrogen-bond donors (Lipinski definition) is 0. The van der Waals surface area contributed by atoms with Gasteiger partial charge in [0, 0.05) is 25.3 Å². The van der Waals surface area contributed by atoms with Gasteiger partial charge in [0.25, 0.3) is 11.5 Å². The van der Waals surface area contributed by atoms with Gasteiger partial charge in [-0.25, -0.2) is 0 Å². The number of esters is 1. The Hall–Kier alpha value is -4.79. The molecule has 9 nitrogen and oxygen atoms in total. The lowest BCUT2D eigenvalue weighted by Crippen LogP contribution is -2.34. The second-order valence-electron chi connectivity index (χ2n) is 8.03. The lowest BCUT2D eigenvalue weighted by molar-refractivity contribution is -0.131. The fourth-order valence-corrected chi connectivity index (χ4v) is 4.20. The van der Waals surface area contributed by atoms with Gasteiger partial charge >= 0.3 is 5.97 Å². The van der Waals surface area contributed by atoms with E-state index in [0.717, 1.165) is 0 Å². The number of aryl methyl sites for hydroxylation is 1. The Morgan fingerprint density at radius 3 is 2.31 bits per heavy atom. The first-order valence-electron chi connectivity index (χ1n) is 11.1. The van der Waals surface area contributed by atoms with E-state index in [1.54, 1.807) is 74.8 Å². The van der Waals surface area contributed by atoms with Gasteiger partial charge in [0.05, 0.1) is 18.0 Å². The molecule has 1 aromatic heterocycles. The molecule has 9 heteroatoms. The number of benzene rings is 3. The van der Waals surface area contributed by atoms with Crippen molar-refractivity contribution in [1.82, 2.24) is 4.57 Å². The van der Waals surface area contributed by atoms with Crippen LogP contribution < -0.4 is 29.4 Å². The number of nitrogens with zero attached hydrogens (tertiary/aromatic N) is 2. The van der Waals surface area contributed by atoms with E-state index < -0.39 is 17.4 Å². The number of hydrogen-bond acceptors (Lipinski definition) is 7. The van der Waals surface area contributed by atoms with E-state index in [1.807, 2.05) is 6.07 Å². The first kappa shape index (κ1) is 23.0. The van der Waals surface area contributed by atoms with E-state index >= 15 is 0 Å². The third kappa shape index (κ3) is 3.80. The van der Waals surface area contributed by atoms with Crippen molar-refractivity contribution in [2.45, 2.75) is 6.92 Å². The molecule has 0 atom stereocenters. The van der Waals surface area contributed by atoms with Crippen LogP contribution in [0.3, 0.4) is 0 Å². The molecule has 0 fully saturated rings. The van der Waals surface area contributed by atoms with Gasteiger partial charge in [-0.2, -0.15) is 0 Å². The van der Waals surface area contributed by atoms with Gasteiger partial charge in [-0.05, 0) is 48.5 Å². The fraction of sp³-hybridized carbons (Fsp3) is 0.148. The van der Waals surface area contributed by atoms with Crippen LogP contribution in [0, 0.1) is 0 Å². The van der Waals surface area contributed by atoms with Crippen molar-refractivity contribution < 1.29 is 28.5 Å². The summed E-state index contributed by atoms with van der Waals surface area (Å²) in [6.07, 6.45) is 0. The molecule has 0 spiro atoms. The van der Waals surface area contributed by atoms with Crippen molar-refractivity contribution in [3.8, 4) is 23.0 Å². The number of anilines is 2. The van der Waals surface area contributed by atoms with Gasteiger partial charge in [0.15, 0.2) is 17.2 Å². The van der Waals surface area contributed by atoms with Crippen molar-refractivity contribution in [1.29, 1.82) is 0 Å². The fourth-order valence-electron chi connectivity index (χ4n) is 4.20. The van der Waals surface area contributed by atoms with Gasteiger partial charge in [0.2, 0.25) is 6.79 Å². The molecule has 0 saturated heterocycles. The van der Waals surface area contributed by atoms with Gasteiger partial charge in [0.1, 0.15) is 11.3 Å². The average molecular weight is 486 g/mol. The van der Waals surface area contributed by atoms with E-state index in [2.05, 4.69) is 0 Å². The van der Waals surface area contributed by atoms with Crippen molar-refractivity contribution in [3.05, 3.63) is 82.6 Å². The third-order valence-electron chi connectivity index (χ3n) is 5.86. The SMILES string of the molecule is COc1ccc(N(C(=O)c2c(OC(C)=O)c3c4c(ccc3n(C)c2=O)OCO4)c2ccccc2)cc1. The molecule has 0 aliphatic carbocycles. The highest BCUT2D eigenvalue weighted by molar-refractivity contribution is 6.15. The molecule has 2 heterocycles. The minimum atomic E-state index is -0.689. The zero-order valence-electron chi connectivity index (χ0n) is 19.8. The molecule has 0 unspecified atom stereocenters. The number of aromatic nitrogens is 1. The maximum Gasteiger partial charge on any atom is 0.308 e. The summed E-state index contributed by atoms with van der Waals surface area (Å²) in [6.45, 7) is 1.17. The zero-order valence-corrected chi connectivity index (χ0v) is 19.8. The summed E-state index contributed by atoms with van der Waals surface area (Å²) >= 11 is 0. The van der Waals surface area contributed by atoms with Crippen molar-refractivity contribution in [3.63, 3.8) is 0 Å². The van der Waals surface area contributed by atoms with Crippen LogP contribution in [0.25, 0.3) is 10.9 Å². The van der Waals surface area contributed by atoms with Gasteiger partial charge in [-0.3, -0.25) is 19.3 Å². The number of rotatable bonds is 5. The molecule has 1 amide bonds. The topological polar surface area (TPSA) is 96.3 Å². The molecule has 0 radical (unpaired) electrons. The van der Waals surface area contributed by atoms with Crippen LogP contribution in [0.2, 0.25) is 0 Å². The average Bonchev–Trinajstić information content (AvgIpc) is 3.37. The number of fused-ring (bicyclic) bond motifs is 3. The summed E-state index contributed by atoms with van der Waals surface area (Å²) in [7, 11) is 3.09. The molecule has 182 valence electrons. The van der Waals surface area contributed by atoms with Crippen molar-refractivity contribution in [2.24, 2.45) is 7.05 Å². The Labute approximate surface area is 206 Å². The van der Waals surface area contributed by atoms with Gasteiger partial charge < -0.3 is 23.5 Å². The molecule has 36 heavy (non-hydrogen) atoms. The predicted molar refractivity (Wildman–Crippen MR) is 133 cm³/mol. The minimum absolute atomic E-state index is 0.0396. The monoisotopic (exact) mass is 486 g/mol. The minimum Gasteiger partial charge on any atom is -0.497 e. The summed E-state index contributed by atoms with van der Waals surface area (Å²) in [6, 6.07) is 19.0. The number of pyridine rings is 1. The number of amides is 1. The van der Waals surface area contributed by atoms with Crippen molar-refractivity contribution >= 4 is 34.2 Å². The Morgan fingerprint density at radius 1 is 0.944 bits per heavy atom. The maximum atomic E-state index is 14.2. The molecule has 0 saturated carbocycles. The lowest BCUT2D eigenvalue weighted by atomic mass is 10.1. The smallest absolute Gasteiger partial charge is 0.308 e.